The first-order valence-electron chi connectivity index (χ1n) is 6.20. The molecule has 0 bridgehead atoms. The molecule has 0 saturated carbocycles. The zero-order chi connectivity index (χ0) is 13.0. The average molecular weight is 286 g/mol. The predicted octanol–water partition coefficient (Wildman–Crippen LogP) is 1.27. The molecule has 1 aromatic heterocycles. The predicted molar refractivity (Wildman–Crippen MR) is 76.2 cm³/mol. The van der Waals surface area contributed by atoms with E-state index in [1.165, 1.54) is 0 Å². The Morgan fingerprint density at radius 3 is 3.00 bits per heavy atom. The minimum absolute atomic E-state index is 0. The van der Waals surface area contributed by atoms with Gasteiger partial charge in [0, 0.05) is 25.9 Å². The molecular weight excluding hydrogens is 266 g/mol. The van der Waals surface area contributed by atoms with Gasteiger partial charge in [0.15, 0.2) is 0 Å². The van der Waals surface area contributed by atoms with Crippen molar-refractivity contribution < 1.29 is 9.53 Å². The third kappa shape index (κ3) is 4.36. The van der Waals surface area contributed by atoms with Crippen molar-refractivity contribution in [1.82, 2.24) is 9.88 Å². The van der Waals surface area contributed by atoms with Gasteiger partial charge in [-0.25, -0.2) is 0 Å². The summed E-state index contributed by atoms with van der Waals surface area (Å²) in [6, 6.07) is 3.56. The zero-order valence-electron chi connectivity index (χ0n) is 11.0. The summed E-state index contributed by atoms with van der Waals surface area (Å²) in [5.41, 5.74) is 6.93. The van der Waals surface area contributed by atoms with E-state index in [1.807, 2.05) is 4.90 Å². The molecule has 1 aliphatic rings. The van der Waals surface area contributed by atoms with Gasteiger partial charge in [-0.3, -0.25) is 9.78 Å². The van der Waals surface area contributed by atoms with E-state index in [0.29, 0.717) is 18.7 Å². The summed E-state index contributed by atoms with van der Waals surface area (Å²) in [7, 11) is 1.69. The molecule has 6 heteroatoms. The summed E-state index contributed by atoms with van der Waals surface area (Å²) in [6.07, 6.45) is 4.11. The van der Waals surface area contributed by atoms with E-state index in [0.717, 1.165) is 25.1 Å². The van der Waals surface area contributed by atoms with Gasteiger partial charge in [0.2, 0.25) is 5.91 Å². The fourth-order valence-electron chi connectivity index (χ4n) is 2.16. The number of pyridine rings is 1. The van der Waals surface area contributed by atoms with Crippen LogP contribution in [-0.4, -0.2) is 42.1 Å². The summed E-state index contributed by atoms with van der Waals surface area (Å²) in [6.45, 7) is 1.50. The third-order valence-corrected chi connectivity index (χ3v) is 3.24. The van der Waals surface area contributed by atoms with Crippen LogP contribution < -0.4 is 5.73 Å². The molecule has 0 aromatic carbocycles. The Bertz CT molecular complexity index is 411. The minimum atomic E-state index is 0. The molecule has 1 aromatic rings. The van der Waals surface area contributed by atoms with Crippen LogP contribution in [0.1, 0.15) is 18.5 Å². The number of halogens is 1. The highest BCUT2D eigenvalue weighted by molar-refractivity contribution is 5.85. The number of methoxy groups -OCH3 is 1. The van der Waals surface area contributed by atoms with Gasteiger partial charge in [0.25, 0.3) is 0 Å². The van der Waals surface area contributed by atoms with Gasteiger partial charge >= 0.3 is 0 Å². The van der Waals surface area contributed by atoms with Crippen molar-refractivity contribution >= 4 is 24.0 Å². The maximum atomic E-state index is 12.1. The van der Waals surface area contributed by atoms with Gasteiger partial charge in [-0.05, 0) is 25.0 Å². The van der Waals surface area contributed by atoms with Crippen LogP contribution in [0.5, 0.6) is 0 Å². The number of amides is 1. The number of nitrogens with two attached hydrogens (primary N) is 1. The number of nitrogens with zero attached hydrogens (tertiary/aromatic N) is 2. The molecule has 106 valence electrons. The van der Waals surface area contributed by atoms with E-state index in [9.17, 15) is 4.79 Å². The first-order chi connectivity index (χ1) is 8.69. The molecule has 2 heterocycles. The summed E-state index contributed by atoms with van der Waals surface area (Å²) >= 11 is 0. The van der Waals surface area contributed by atoms with Crippen LogP contribution in [0, 0.1) is 0 Å². The summed E-state index contributed by atoms with van der Waals surface area (Å²) in [5, 5.41) is 0. The number of likely N-dealkylation sites (tertiary alicyclic amines) is 1. The van der Waals surface area contributed by atoms with Crippen LogP contribution in [0.3, 0.4) is 0 Å². The Labute approximate surface area is 119 Å². The molecule has 1 atom stereocenters. The van der Waals surface area contributed by atoms with Crippen molar-refractivity contribution in [2.75, 3.05) is 25.9 Å². The van der Waals surface area contributed by atoms with Gasteiger partial charge in [0.1, 0.15) is 0 Å². The number of hydrogen-bond donors (Lipinski definition) is 1. The second-order valence-corrected chi connectivity index (χ2v) is 4.60. The number of carbonyl (C=O) groups is 1. The summed E-state index contributed by atoms with van der Waals surface area (Å²) < 4.78 is 5.31. The number of hydrogen-bond acceptors (Lipinski definition) is 4. The number of nitrogen functional groups attached to an aromatic ring is 1. The second kappa shape index (κ2) is 7.31. The molecule has 1 fully saturated rings. The van der Waals surface area contributed by atoms with E-state index in [1.54, 1.807) is 25.4 Å². The Hall–Kier alpha value is -1.33. The monoisotopic (exact) mass is 285 g/mol. The van der Waals surface area contributed by atoms with Crippen LogP contribution in [-0.2, 0) is 16.0 Å². The second-order valence-electron chi connectivity index (χ2n) is 4.60. The molecule has 2 rings (SSSR count). The van der Waals surface area contributed by atoms with Crippen LogP contribution >= 0.6 is 12.4 Å². The molecule has 1 amide bonds. The van der Waals surface area contributed by atoms with Gasteiger partial charge < -0.3 is 15.4 Å². The Balaban J connectivity index is 0.00000180. The molecule has 19 heavy (non-hydrogen) atoms. The average Bonchev–Trinajstić information content (AvgIpc) is 2.41. The molecule has 0 radical (unpaired) electrons. The highest BCUT2D eigenvalue weighted by atomic mass is 35.5. The molecule has 0 aliphatic carbocycles. The van der Waals surface area contributed by atoms with Crippen LogP contribution in [0.15, 0.2) is 18.3 Å². The fraction of sp³-hybridized carbons (Fsp3) is 0.538. The first-order valence-corrected chi connectivity index (χ1v) is 6.20. The maximum Gasteiger partial charge on any atom is 0.228 e. The Morgan fingerprint density at radius 1 is 1.58 bits per heavy atom. The van der Waals surface area contributed by atoms with Crippen molar-refractivity contribution in [3.05, 3.63) is 24.0 Å². The van der Waals surface area contributed by atoms with Crippen molar-refractivity contribution in [1.29, 1.82) is 0 Å². The number of anilines is 1. The molecule has 0 spiro atoms. The van der Waals surface area contributed by atoms with Gasteiger partial charge in [-0.15, -0.1) is 12.4 Å². The zero-order valence-corrected chi connectivity index (χ0v) is 11.9. The number of rotatable bonds is 3. The molecular formula is C13H20ClN3O2. The van der Waals surface area contributed by atoms with Crippen molar-refractivity contribution in [3.8, 4) is 0 Å². The van der Waals surface area contributed by atoms with Gasteiger partial charge in [0.05, 0.1) is 24.4 Å². The lowest BCUT2D eigenvalue weighted by atomic mass is 10.1. The number of ether oxygens (including phenoxy) is 1. The van der Waals surface area contributed by atoms with Crippen molar-refractivity contribution in [2.24, 2.45) is 0 Å². The fourth-order valence-corrected chi connectivity index (χ4v) is 2.16. The van der Waals surface area contributed by atoms with E-state index in [4.69, 9.17) is 10.5 Å². The largest absolute Gasteiger partial charge is 0.397 e. The van der Waals surface area contributed by atoms with E-state index in [2.05, 4.69) is 4.98 Å². The normalized spacial score (nSPS) is 18.8. The van der Waals surface area contributed by atoms with Gasteiger partial charge in [-0.2, -0.15) is 0 Å². The lowest BCUT2D eigenvalue weighted by molar-refractivity contribution is -0.134. The Morgan fingerprint density at radius 2 is 2.37 bits per heavy atom. The highest BCUT2D eigenvalue weighted by Crippen LogP contribution is 2.14. The smallest absolute Gasteiger partial charge is 0.228 e. The van der Waals surface area contributed by atoms with Crippen molar-refractivity contribution in [2.45, 2.75) is 25.4 Å². The van der Waals surface area contributed by atoms with Crippen LogP contribution in [0.4, 0.5) is 5.69 Å². The SMILES string of the molecule is COC1CCCN(C(=O)Cc2ccc(N)cn2)C1.Cl. The standard InChI is InChI=1S/C13H19N3O2.ClH/c1-18-12-3-2-6-16(9-12)13(17)7-11-5-4-10(14)8-15-11;/h4-5,8,12H,2-3,6-7,9,14H2,1H3;1H. The molecule has 1 saturated heterocycles. The minimum Gasteiger partial charge on any atom is -0.397 e. The number of piperidine rings is 1. The van der Waals surface area contributed by atoms with Gasteiger partial charge in [-0.1, -0.05) is 0 Å². The topological polar surface area (TPSA) is 68.5 Å². The van der Waals surface area contributed by atoms with E-state index < -0.39 is 0 Å². The first kappa shape index (κ1) is 15.7. The molecule has 1 aliphatic heterocycles. The van der Waals surface area contributed by atoms with E-state index >= 15 is 0 Å². The highest BCUT2D eigenvalue weighted by Gasteiger charge is 2.23. The lowest BCUT2D eigenvalue weighted by Crippen LogP contribution is -2.43. The molecule has 5 nitrogen and oxygen atoms in total. The van der Waals surface area contributed by atoms with Crippen LogP contribution in [0.2, 0.25) is 0 Å². The number of carbonyl (C=O) groups excluding carboxylic acids is 1. The summed E-state index contributed by atoms with van der Waals surface area (Å²) in [5.74, 6) is 0.106. The molecule has 1 unspecified atom stereocenters. The van der Waals surface area contributed by atoms with E-state index in [-0.39, 0.29) is 24.4 Å². The third-order valence-electron chi connectivity index (χ3n) is 3.24. The quantitative estimate of drug-likeness (QED) is 0.908. The summed E-state index contributed by atoms with van der Waals surface area (Å²) in [4.78, 5) is 18.1. The van der Waals surface area contributed by atoms with Crippen LogP contribution in [0.25, 0.3) is 0 Å². The lowest BCUT2D eigenvalue weighted by Gasteiger charge is -2.31. The molecule has 2 N–H and O–H groups in total. The van der Waals surface area contributed by atoms with Crippen molar-refractivity contribution in [3.63, 3.8) is 0 Å². The Kier molecular flexibility index (Phi) is 6.05. The number of aromatic nitrogens is 1. The maximum absolute atomic E-state index is 12.1.